The molecule has 0 spiro atoms. The van der Waals surface area contributed by atoms with Crippen LogP contribution in [0, 0.1) is 0 Å². The Balaban J connectivity index is 1.94. The molecule has 0 saturated heterocycles. The molecule has 2 aromatic carbocycles. The average molecular weight is 492 g/mol. The second-order valence-electron chi connectivity index (χ2n) is 7.68. The summed E-state index contributed by atoms with van der Waals surface area (Å²) in [5, 5.41) is 11.0. The number of rotatable bonds is 7. The van der Waals surface area contributed by atoms with E-state index in [1.807, 2.05) is 25.1 Å². The zero-order valence-electron chi connectivity index (χ0n) is 19.4. The zero-order chi connectivity index (χ0) is 25.1. The number of hydrogen-bond donors (Lipinski definition) is 0. The molecule has 0 saturated carbocycles. The van der Waals surface area contributed by atoms with Gasteiger partial charge in [0.15, 0.2) is 4.80 Å². The number of allylic oxidation sites excluding steroid dienone is 1. The van der Waals surface area contributed by atoms with Crippen LogP contribution < -0.4 is 24.7 Å². The largest absolute Gasteiger partial charge is 0.545 e. The van der Waals surface area contributed by atoms with E-state index in [1.54, 1.807) is 38.1 Å². The molecular weight excluding hydrogens is 468 g/mol. The Bertz CT molecular complexity index is 1500. The fourth-order valence-electron chi connectivity index (χ4n) is 3.95. The van der Waals surface area contributed by atoms with E-state index >= 15 is 0 Å². The molecular formula is C26H23N2O6S-. The van der Waals surface area contributed by atoms with Crippen molar-refractivity contribution in [3.63, 3.8) is 0 Å². The van der Waals surface area contributed by atoms with Crippen LogP contribution in [-0.2, 0) is 9.53 Å². The van der Waals surface area contributed by atoms with E-state index < -0.39 is 18.0 Å². The number of ether oxygens (including phenoxy) is 2. The molecule has 0 unspecified atom stereocenters. The molecule has 1 aromatic heterocycles. The van der Waals surface area contributed by atoms with Crippen LogP contribution in [0.15, 0.2) is 69.6 Å². The Morgan fingerprint density at radius 2 is 1.83 bits per heavy atom. The van der Waals surface area contributed by atoms with E-state index in [-0.39, 0.29) is 23.3 Å². The lowest BCUT2D eigenvalue weighted by atomic mass is 9.95. The fourth-order valence-corrected chi connectivity index (χ4v) is 4.99. The van der Waals surface area contributed by atoms with Gasteiger partial charge in [-0.2, -0.15) is 0 Å². The minimum absolute atomic E-state index is 0.0471. The number of carboxylic acid groups (broad SMARTS) is 1. The maximum absolute atomic E-state index is 13.6. The predicted molar refractivity (Wildman–Crippen MR) is 129 cm³/mol. The van der Waals surface area contributed by atoms with Gasteiger partial charge in [0.25, 0.3) is 5.56 Å². The highest BCUT2D eigenvalue weighted by Crippen LogP contribution is 2.35. The summed E-state index contributed by atoms with van der Waals surface area (Å²) in [6.45, 7) is 5.90. The van der Waals surface area contributed by atoms with Gasteiger partial charge in [0, 0.05) is 5.56 Å². The lowest BCUT2D eigenvalue weighted by molar-refractivity contribution is -0.255. The van der Waals surface area contributed by atoms with E-state index in [2.05, 4.69) is 4.99 Å². The number of hydrogen-bond acceptors (Lipinski definition) is 8. The van der Waals surface area contributed by atoms with Gasteiger partial charge < -0.3 is 19.4 Å². The van der Waals surface area contributed by atoms with Crippen LogP contribution in [-0.4, -0.2) is 29.7 Å². The molecule has 0 aliphatic carbocycles. The quantitative estimate of drug-likeness (QED) is 0.464. The third kappa shape index (κ3) is 4.67. The normalized spacial score (nSPS) is 15.4. The number of carbonyl (C=O) groups is 2. The highest BCUT2D eigenvalue weighted by Gasteiger charge is 2.35. The van der Waals surface area contributed by atoms with Gasteiger partial charge in [0.05, 0.1) is 35.0 Å². The smallest absolute Gasteiger partial charge is 0.338 e. The first-order valence-corrected chi connectivity index (χ1v) is 11.9. The summed E-state index contributed by atoms with van der Waals surface area (Å²) < 4.78 is 13.0. The van der Waals surface area contributed by atoms with E-state index in [1.165, 1.54) is 28.0 Å². The molecule has 4 rings (SSSR count). The first-order valence-electron chi connectivity index (χ1n) is 11.1. The maximum Gasteiger partial charge on any atom is 0.338 e. The average Bonchev–Trinajstić information content (AvgIpc) is 3.13. The standard InChI is InChI=1S/C26H24N2O6S/c1-4-33-19-9-7-6-8-18(19)22-21(25(32)34-5-2)15(3)27-26-28(22)23(29)20(35-26)14-16-10-12-17(13-11-16)24(30)31/h6-14,22H,4-5H2,1-3H3,(H,30,31)/p-1/b20-14-/t22-/m1/s1. The minimum Gasteiger partial charge on any atom is -0.545 e. The Kier molecular flexibility index (Phi) is 6.97. The van der Waals surface area contributed by atoms with Crippen molar-refractivity contribution in [2.24, 2.45) is 4.99 Å². The van der Waals surface area contributed by atoms with E-state index in [4.69, 9.17) is 9.47 Å². The summed E-state index contributed by atoms with van der Waals surface area (Å²) in [7, 11) is 0. The number of nitrogens with zero attached hydrogens (tertiary/aromatic N) is 2. The molecule has 1 atom stereocenters. The molecule has 1 aliphatic heterocycles. The number of fused-ring (bicyclic) bond motifs is 1. The summed E-state index contributed by atoms with van der Waals surface area (Å²) in [6.07, 6.45) is 1.66. The molecule has 0 amide bonds. The van der Waals surface area contributed by atoms with Crippen LogP contribution in [0.3, 0.4) is 0 Å². The molecule has 0 fully saturated rings. The Morgan fingerprint density at radius 1 is 1.11 bits per heavy atom. The summed E-state index contributed by atoms with van der Waals surface area (Å²) in [5.74, 6) is -1.26. The van der Waals surface area contributed by atoms with Crippen molar-refractivity contribution in [2.45, 2.75) is 26.8 Å². The third-order valence-electron chi connectivity index (χ3n) is 5.47. The second kappa shape index (κ2) is 10.1. The lowest BCUT2D eigenvalue weighted by Crippen LogP contribution is -2.40. The fraction of sp³-hybridized carbons (Fsp3) is 0.231. The highest BCUT2D eigenvalue weighted by molar-refractivity contribution is 7.07. The molecule has 0 radical (unpaired) electrons. The third-order valence-corrected chi connectivity index (χ3v) is 6.46. The molecule has 35 heavy (non-hydrogen) atoms. The van der Waals surface area contributed by atoms with Crippen LogP contribution in [0.25, 0.3) is 6.08 Å². The van der Waals surface area contributed by atoms with Crippen LogP contribution in [0.2, 0.25) is 0 Å². The number of carbonyl (C=O) groups excluding carboxylic acids is 2. The van der Waals surface area contributed by atoms with Gasteiger partial charge in [-0.3, -0.25) is 9.36 Å². The van der Waals surface area contributed by atoms with Gasteiger partial charge in [-0.05, 0) is 44.0 Å². The van der Waals surface area contributed by atoms with E-state index in [0.29, 0.717) is 38.5 Å². The number of thiazole rings is 1. The molecule has 9 heteroatoms. The van der Waals surface area contributed by atoms with Crippen molar-refractivity contribution in [1.29, 1.82) is 0 Å². The van der Waals surface area contributed by atoms with Gasteiger partial charge in [-0.15, -0.1) is 0 Å². The monoisotopic (exact) mass is 491 g/mol. The molecule has 3 aromatic rings. The minimum atomic E-state index is -1.27. The van der Waals surface area contributed by atoms with Crippen molar-refractivity contribution < 1.29 is 24.2 Å². The summed E-state index contributed by atoms with van der Waals surface area (Å²) in [4.78, 5) is 42.7. The van der Waals surface area contributed by atoms with Gasteiger partial charge in [0.2, 0.25) is 0 Å². The van der Waals surface area contributed by atoms with Crippen molar-refractivity contribution in [3.05, 3.63) is 96.2 Å². The Hall–Kier alpha value is -3.98. The Morgan fingerprint density at radius 3 is 2.49 bits per heavy atom. The van der Waals surface area contributed by atoms with Crippen molar-refractivity contribution >= 4 is 29.4 Å². The van der Waals surface area contributed by atoms with Gasteiger partial charge in [-0.25, -0.2) is 9.79 Å². The summed E-state index contributed by atoms with van der Waals surface area (Å²) in [6, 6.07) is 12.5. The van der Waals surface area contributed by atoms with Crippen LogP contribution in [0.4, 0.5) is 0 Å². The van der Waals surface area contributed by atoms with Crippen LogP contribution >= 0.6 is 11.3 Å². The zero-order valence-corrected chi connectivity index (χ0v) is 20.3. The summed E-state index contributed by atoms with van der Waals surface area (Å²) in [5.41, 5.74) is 1.75. The number of esters is 1. The maximum atomic E-state index is 13.6. The second-order valence-corrected chi connectivity index (χ2v) is 8.69. The van der Waals surface area contributed by atoms with Crippen LogP contribution in [0.5, 0.6) is 5.75 Å². The number of benzene rings is 2. The predicted octanol–water partition coefficient (Wildman–Crippen LogP) is 1.56. The molecule has 1 aliphatic rings. The van der Waals surface area contributed by atoms with Crippen molar-refractivity contribution in [3.8, 4) is 5.75 Å². The van der Waals surface area contributed by atoms with Crippen LogP contribution in [0.1, 0.15) is 48.3 Å². The highest BCUT2D eigenvalue weighted by atomic mass is 32.1. The van der Waals surface area contributed by atoms with E-state index in [0.717, 1.165) is 0 Å². The lowest BCUT2D eigenvalue weighted by Gasteiger charge is -2.26. The topological polar surface area (TPSA) is 110 Å². The van der Waals surface area contributed by atoms with Gasteiger partial charge >= 0.3 is 5.97 Å². The SMILES string of the molecule is CCOC(=O)C1=C(C)N=c2s/c(=C\c3ccc(C(=O)[O-])cc3)c(=O)n2[C@@H]1c1ccccc1OCC. The molecule has 8 nitrogen and oxygen atoms in total. The molecule has 2 heterocycles. The van der Waals surface area contributed by atoms with Crippen molar-refractivity contribution in [2.75, 3.05) is 13.2 Å². The first kappa shape index (κ1) is 24.2. The van der Waals surface area contributed by atoms with Gasteiger partial charge in [0.1, 0.15) is 11.8 Å². The number of para-hydroxylation sites is 1. The summed E-state index contributed by atoms with van der Waals surface area (Å²) >= 11 is 1.19. The van der Waals surface area contributed by atoms with Crippen molar-refractivity contribution in [1.82, 2.24) is 4.57 Å². The molecule has 0 N–H and O–H groups in total. The number of aromatic nitrogens is 1. The molecule has 0 bridgehead atoms. The Labute approximate surface area is 205 Å². The van der Waals surface area contributed by atoms with Gasteiger partial charge in [-0.1, -0.05) is 53.8 Å². The number of carboxylic acids is 1. The van der Waals surface area contributed by atoms with E-state index in [9.17, 15) is 19.5 Å². The first-order chi connectivity index (χ1) is 16.8. The number of aromatic carboxylic acids is 1. The molecule has 180 valence electrons.